The van der Waals surface area contributed by atoms with Gasteiger partial charge >= 0.3 is 0 Å². The second kappa shape index (κ2) is 6.87. The summed E-state index contributed by atoms with van der Waals surface area (Å²) in [6.07, 6.45) is 4.18. The highest BCUT2D eigenvalue weighted by Gasteiger charge is 2.31. The molecule has 1 aliphatic carbocycles. The number of aromatic nitrogens is 1. The molecule has 144 valence electrons. The highest BCUT2D eigenvalue weighted by Crippen LogP contribution is 2.31. The Labute approximate surface area is 165 Å². The molecule has 6 heteroatoms. The highest BCUT2D eigenvalue weighted by molar-refractivity contribution is 7.91. The second-order valence-electron chi connectivity index (χ2n) is 7.59. The Hall–Kier alpha value is -2.44. The van der Waals surface area contributed by atoms with Gasteiger partial charge in [0.15, 0.2) is 0 Å². The number of hydrogen-bond donors (Lipinski definition) is 0. The van der Waals surface area contributed by atoms with Crippen molar-refractivity contribution in [2.75, 3.05) is 31.1 Å². The van der Waals surface area contributed by atoms with Gasteiger partial charge in [0.2, 0.25) is 9.84 Å². The average Bonchev–Trinajstić information content (AvgIpc) is 3.59. The molecule has 0 spiro atoms. The molecular weight excluding hydrogens is 370 g/mol. The van der Waals surface area contributed by atoms with Crippen LogP contribution in [0.15, 0.2) is 70.6 Å². The van der Waals surface area contributed by atoms with Crippen molar-refractivity contribution in [1.82, 2.24) is 9.88 Å². The number of benzene rings is 2. The first kappa shape index (κ1) is 17.6. The van der Waals surface area contributed by atoms with Gasteiger partial charge in [-0.25, -0.2) is 8.42 Å². The fraction of sp³-hybridized carbons (Fsp3) is 0.318. The normalized spacial score (nSPS) is 18.5. The summed E-state index contributed by atoms with van der Waals surface area (Å²) in [5.74, 6) is 0. The van der Waals surface area contributed by atoms with E-state index in [0.29, 0.717) is 4.90 Å². The molecule has 1 saturated heterocycles. The number of piperazine rings is 1. The first-order chi connectivity index (χ1) is 13.6. The van der Waals surface area contributed by atoms with Crippen LogP contribution in [0, 0.1) is 0 Å². The fourth-order valence-corrected chi connectivity index (χ4v) is 5.29. The molecule has 0 amide bonds. The molecule has 1 aliphatic heterocycles. The van der Waals surface area contributed by atoms with Gasteiger partial charge in [-0.1, -0.05) is 30.3 Å². The van der Waals surface area contributed by atoms with Crippen LogP contribution in [0.2, 0.25) is 0 Å². The number of para-hydroxylation sites is 1. The largest absolute Gasteiger partial charge is 0.367 e. The molecule has 5 rings (SSSR count). The third kappa shape index (κ3) is 3.16. The van der Waals surface area contributed by atoms with E-state index in [9.17, 15) is 8.42 Å². The van der Waals surface area contributed by atoms with Crippen LogP contribution in [-0.4, -0.2) is 50.5 Å². The zero-order valence-electron chi connectivity index (χ0n) is 15.7. The van der Waals surface area contributed by atoms with Gasteiger partial charge in [-0.3, -0.25) is 9.88 Å². The van der Waals surface area contributed by atoms with Crippen LogP contribution in [0.4, 0.5) is 5.69 Å². The molecule has 0 unspecified atom stereocenters. The quantitative estimate of drug-likeness (QED) is 0.680. The van der Waals surface area contributed by atoms with E-state index >= 15 is 0 Å². The smallest absolute Gasteiger partial charge is 0.208 e. The number of hydrogen-bond acceptors (Lipinski definition) is 5. The standard InChI is InChI=1S/C22H23N3O2S/c26-28(27,19-6-2-1-3-7-19)20-15-17-5-4-8-21(22(17)23-16-20)25-13-11-24(12-14-25)18-9-10-18/h1-8,15-16,18H,9-14H2. The maximum Gasteiger partial charge on any atom is 0.208 e. The minimum absolute atomic E-state index is 0.238. The molecule has 2 aromatic carbocycles. The zero-order chi connectivity index (χ0) is 19.1. The molecule has 0 N–H and O–H groups in total. The first-order valence-corrected chi connectivity index (χ1v) is 11.3. The SMILES string of the molecule is O=S(=O)(c1ccccc1)c1cnc2c(N3CCN(C4CC4)CC3)cccc2c1. The van der Waals surface area contributed by atoms with Crippen molar-refractivity contribution < 1.29 is 8.42 Å². The van der Waals surface area contributed by atoms with Crippen LogP contribution in [0.1, 0.15) is 12.8 Å². The summed E-state index contributed by atoms with van der Waals surface area (Å²) in [4.78, 5) is 10.1. The van der Waals surface area contributed by atoms with Crippen molar-refractivity contribution in [1.29, 1.82) is 0 Å². The lowest BCUT2D eigenvalue weighted by atomic mass is 10.1. The van der Waals surface area contributed by atoms with E-state index in [1.165, 1.54) is 19.0 Å². The predicted octanol–water partition coefficient (Wildman–Crippen LogP) is 3.35. The maximum absolute atomic E-state index is 12.9. The number of sulfone groups is 1. The van der Waals surface area contributed by atoms with Crippen molar-refractivity contribution >= 4 is 26.4 Å². The van der Waals surface area contributed by atoms with Gasteiger partial charge in [0.05, 0.1) is 21.0 Å². The van der Waals surface area contributed by atoms with Gasteiger partial charge in [0.25, 0.3) is 0 Å². The Kier molecular flexibility index (Phi) is 4.33. The van der Waals surface area contributed by atoms with Crippen LogP contribution in [0.5, 0.6) is 0 Å². The number of pyridine rings is 1. The average molecular weight is 394 g/mol. The fourth-order valence-electron chi connectivity index (χ4n) is 4.03. The second-order valence-corrected chi connectivity index (χ2v) is 9.54. The highest BCUT2D eigenvalue weighted by atomic mass is 32.2. The molecular formula is C22H23N3O2S. The summed E-state index contributed by atoms with van der Waals surface area (Å²) in [5.41, 5.74) is 1.96. The monoisotopic (exact) mass is 393 g/mol. The Balaban J connectivity index is 1.47. The number of fused-ring (bicyclic) bond motifs is 1. The number of nitrogens with zero attached hydrogens (tertiary/aromatic N) is 3. The Morgan fingerprint density at radius 3 is 2.32 bits per heavy atom. The maximum atomic E-state index is 12.9. The Bertz CT molecular complexity index is 1100. The lowest BCUT2D eigenvalue weighted by molar-refractivity contribution is 0.248. The number of anilines is 1. The molecule has 1 aromatic heterocycles. The minimum Gasteiger partial charge on any atom is -0.367 e. The van der Waals surface area contributed by atoms with E-state index in [1.807, 2.05) is 18.2 Å². The summed E-state index contributed by atoms with van der Waals surface area (Å²) in [7, 11) is -3.56. The van der Waals surface area contributed by atoms with Gasteiger partial charge in [0.1, 0.15) is 0 Å². The lowest BCUT2D eigenvalue weighted by Crippen LogP contribution is -2.47. The Morgan fingerprint density at radius 1 is 0.857 bits per heavy atom. The topological polar surface area (TPSA) is 53.5 Å². The molecule has 1 saturated carbocycles. The van der Waals surface area contributed by atoms with Crippen molar-refractivity contribution in [3.63, 3.8) is 0 Å². The molecule has 3 aromatic rings. The van der Waals surface area contributed by atoms with E-state index in [0.717, 1.165) is 48.8 Å². The third-order valence-electron chi connectivity index (χ3n) is 5.75. The van der Waals surface area contributed by atoms with E-state index in [2.05, 4.69) is 20.9 Å². The molecule has 5 nitrogen and oxygen atoms in total. The first-order valence-electron chi connectivity index (χ1n) is 9.81. The molecule has 2 heterocycles. The molecule has 0 radical (unpaired) electrons. The number of rotatable bonds is 4. The van der Waals surface area contributed by atoms with Gasteiger partial charge in [-0.2, -0.15) is 0 Å². The molecule has 2 fully saturated rings. The van der Waals surface area contributed by atoms with Gasteiger partial charge in [-0.05, 0) is 37.1 Å². The summed E-state index contributed by atoms with van der Waals surface area (Å²) in [6, 6.07) is 17.1. The van der Waals surface area contributed by atoms with Gasteiger partial charge in [0, 0.05) is 43.8 Å². The summed E-state index contributed by atoms with van der Waals surface area (Å²) in [6.45, 7) is 4.14. The van der Waals surface area contributed by atoms with Crippen LogP contribution < -0.4 is 4.90 Å². The Morgan fingerprint density at radius 2 is 1.61 bits per heavy atom. The molecule has 0 atom stereocenters. The van der Waals surface area contributed by atoms with E-state index in [1.54, 1.807) is 30.3 Å². The van der Waals surface area contributed by atoms with Crippen LogP contribution in [-0.2, 0) is 9.84 Å². The van der Waals surface area contributed by atoms with Crippen molar-refractivity contribution in [2.24, 2.45) is 0 Å². The molecule has 0 bridgehead atoms. The molecule has 28 heavy (non-hydrogen) atoms. The van der Waals surface area contributed by atoms with Gasteiger partial charge in [-0.15, -0.1) is 0 Å². The summed E-state index contributed by atoms with van der Waals surface area (Å²) in [5, 5.41) is 0.860. The van der Waals surface area contributed by atoms with Crippen molar-refractivity contribution in [3.05, 3.63) is 60.8 Å². The van der Waals surface area contributed by atoms with Crippen LogP contribution >= 0.6 is 0 Å². The van der Waals surface area contributed by atoms with Crippen LogP contribution in [0.3, 0.4) is 0 Å². The summed E-state index contributed by atoms with van der Waals surface area (Å²) >= 11 is 0. The van der Waals surface area contributed by atoms with E-state index in [4.69, 9.17) is 0 Å². The van der Waals surface area contributed by atoms with E-state index in [-0.39, 0.29) is 4.90 Å². The molecule has 2 aliphatic rings. The minimum atomic E-state index is -3.56. The zero-order valence-corrected chi connectivity index (χ0v) is 16.5. The lowest BCUT2D eigenvalue weighted by Gasteiger charge is -2.36. The van der Waals surface area contributed by atoms with E-state index < -0.39 is 9.84 Å². The van der Waals surface area contributed by atoms with Crippen molar-refractivity contribution in [3.8, 4) is 0 Å². The van der Waals surface area contributed by atoms with Crippen LogP contribution in [0.25, 0.3) is 10.9 Å². The van der Waals surface area contributed by atoms with Gasteiger partial charge < -0.3 is 4.90 Å². The third-order valence-corrected chi connectivity index (χ3v) is 7.48. The summed E-state index contributed by atoms with van der Waals surface area (Å²) < 4.78 is 25.8. The predicted molar refractivity (Wildman–Crippen MR) is 110 cm³/mol. The van der Waals surface area contributed by atoms with Crippen molar-refractivity contribution in [2.45, 2.75) is 28.7 Å².